The number of carboxylic acids is 1. The van der Waals surface area contributed by atoms with Gasteiger partial charge in [0.15, 0.2) is 0 Å². The van der Waals surface area contributed by atoms with Crippen LogP contribution in [0.15, 0.2) is 0 Å². The maximum absolute atomic E-state index is 12.9. The first-order valence-corrected chi connectivity index (χ1v) is 7.75. The Morgan fingerprint density at radius 2 is 1.95 bits per heavy atom. The first-order valence-electron chi connectivity index (χ1n) is 7.75. The Morgan fingerprint density at radius 1 is 1.24 bits per heavy atom. The number of hydrogen-bond donors (Lipinski definition) is 1. The van der Waals surface area contributed by atoms with E-state index in [1.54, 1.807) is 9.80 Å². The van der Waals surface area contributed by atoms with Crippen molar-refractivity contribution in [2.75, 3.05) is 26.3 Å². The first-order chi connectivity index (χ1) is 9.85. The number of nitrogens with zero attached hydrogens (tertiary/aromatic N) is 2. The predicted octanol–water partition coefficient (Wildman–Crippen LogP) is 1.94. The van der Waals surface area contributed by atoms with Gasteiger partial charge in [-0.1, -0.05) is 13.3 Å². The number of amides is 2. The Labute approximate surface area is 126 Å². The maximum atomic E-state index is 12.9. The summed E-state index contributed by atoms with van der Waals surface area (Å²) >= 11 is 0. The molecule has 0 aromatic rings. The van der Waals surface area contributed by atoms with Crippen LogP contribution in [0.25, 0.3) is 0 Å². The van der Waals surface area contributed by atoms with Gasteiger partial charge in [0, 0.05) is 13.1 Å². The number of hydrogen-bond acceptors (Lipinski definition) is 3. The van der Waals surface area contributed by atoms with Crippen LogP contribution in [-0.4, -0.2) is 64.3 Å². The van der Waals surface area contributed by atoms with Gasteiger partial charge in [0.2, 0.25) is 0 Å². The van der Waals surface area contributed by atoms with Crippen LogP contribution in [0.3, 0.4) is 0 Å². The molecule has 1 unspecified atom stereocenters. The summed E-state index contributed by atoms with van der Waals surface area (Å²) in [4.78, 5) is 28.1. The number of rotatable bonds is 3. The number of morpholine rings is 1. The molecule has 1 N–H and O–H groups in total. The van der Waals surface area contributed by atoms with Gasteiger partial charge in [0.05, 0.1) is 18.8 Å². The monoisotopic (exact) mass is 298 g/mol. The molecule has 2 aliphatic heterocycles. The lowest BCUT2D eigenvalue weighted by Gasteiger charge is -2.46. The highest BCUT2D eigenvalue weighted by Crippen LogP contribution is 2.36. The van der Waals surface area contributed by atoms with Crippen molar-refractivity contribution in [1.29, 1.82) is 0 Å². The maximum Gasteiger partial charge on any atom is 0.329 e. The van der Waals surface area contributed by atoms with Crippen molar-refractivity contribution in [2.24, 2.45) is 0 Å². The topological polar surface area (TPSA) is 70.1 Å². The molecule has 2 aliphatic rings. The van der Waals surface area contributed by atoms with E-state index < -0.39 is 17.0 Å². The normalized spacial score (nSPS) is 28.7. The summed E-state index contributed by atoms with van der Waals surface area (Å²) in [5.41, 5.74) is -1.42. The molecular weight excluding hydrogens is 272 g/mol. The van der Waals surface area contributed by atoms with Crippen LogP contribution in [0, 0.1) is 0 Å². The summed E-state index contributed by atoms with van der Waals surface area (Å²) in [5.74, 6) is -0.874. The Balaban J connectivity index is 2.26. The van der Waals surface area contributed by atoms with Gasteiger partial charge < -0.3 is 19.6 Å². The minimum absolute atomic E-state index is 0.156. The van der Waals surface area contributed by atoms with E-state index >= 15 is 0 Å². The molecule has 6 nitrogen and oxygen atoms in total. The van der Waals surface area contributed by atoms with E-state index in [-0.39, 0.29) is 6.03 Å². The van der Waals surface area contributed by atoms with E-state index in [1.165, 1.54) is 0 Å². The molecule has 2 fully saturated rings. The number of carbonyl (C=O) groups is 2. The number of ether oxygens (including phenoxy) is 1. The van der Waals surface area contributed by atoms with Gasteiger partial charge in [-0.3, -0.25) is 0 Å². The molecule has 0 saturated carbocycles. The van der Waals surface area contributed by atoms with E-state index in [0.29, 0.717) is 39.1 Å². The smallest absolute Gasteiger partial charge is 0.329 e. The molecule has 2 heterocycles. The van der Waals surface area contributed by atoms with E-state index in [9.17, 15) is 14.7 Å². The van der Waals surface area contributed by atoms with Crippen LogP contribution in [-0.2, 0) is 9.53 Å². The Hall–Kier alpha value is -1.30. The lowest BCUT2D eigenvalue weighted by atomic mass is 9.90. The predicted molar refractivity (Wildman–Crippen MR) is 78.2 cm³/mol. The highest BCUT2D eigenvalue weighted by molar-refractivity contribution is 5.87. The molecular formula is C15H26N2O4. The average Bonchev–Trinajstić information content (AvgIpc) is 2.83. The Morgan fingerprint density at radius 3 is 2.52 bits per heavy atom. The lowest BCUT2D eigenvalue weighted by molar-refractivity contribution is -0.149. The van der Waals surface area contributed by atoms with Crippen molar-refractivity contribution in [1.82, 2.24) is 9.80 Å². The molecule has 120 valence electrons. The fourth-order valence-corrected chi connectivity index (χ4v) is 3.52. The van der Waals surface area contributed by atoms with Crippen molar-refractivity contribution in [3.8, 4) is 0 Å². The molecule has 0 radical (unpaired) electrons. The third kappa shape index (κ3) is 2.73. The minimum Gasteiger partial charge on any atom is -0.479 e. The van der Waals surface area contributed by atoms with Gasteiger partial charge in [-0.25, -0.2) is 9.59 Å². The average molecular weight is 298 g/mol. The van der Waals surface area contributed by atoms with Gasteiger partial charge in [-0.05, 0) is 33.1 Å². The third-order valence-corrected chi connectivity index (χ3v) is 4.66. The molecule has 0 aromatic heterocycles. The minimum atomic E-state index is -1.03. The molecule has 1 atom stereocenters. The zero-order chi connectivity index (χ0) is 15.7. The Kier molecular flexibility index (Phi) is 4.46. The number of aliphatic carboxylic acids is 1. The van der Waals surface area contributed by atoms with Crippen molar-refractivity contribution >= 4 is 12.0 Å². The number of urea groups is 1. The third-order valence-electron chi connectivity index (χ3n) is 4.66. The summed E-state index contributed by atoms with van der Waals surface area (Å²) in [6.07, 6.45) is 2.57. The van der Waals surface area contributed by atoms with Crippen LogP contribution in [0.2, 0.25) is 0 Å². The van der Waals surface area contributed by atoms with Crippen LogP contribution in [0.4, 0.5) is 4.79 Å². The second-order valence-corrected chi connectivity index (χ2v) is 6.64. The molecule has 6 heteroatoms. The van der Waals surface area contributed by atoms with Crippen molar-refractivity contribution in [3.05, 3.63) is 0 Å². The number of carboxylic acid groups (broad SMARTS) is 1. The number of likely N-dealkylation sites (tertiary alicyclic amines) is 1. The SMILES string of the molecule is CCCC1(C(=O)O)CCCN1C(=O)N1CCOCC1(C)C. The van der Waals surface area contributed by atoms with Gasteiger partial charge in [0.25, 0.3) is 0 Å². The van der Waals surface area contributed by atoms with Gasteiger partial charge in [-0.2, -0.15) is 0 Å². The highest BCUT2D eigenvalue weighted by Gasteiger charge is 2.51. The van der Waals surface area contributed by atoms with Crippen LogP contribution >= 0.6 is 0 Å². The summed E-state index contributed by atoms with van der Waals surface area (Å²) in [6.45, 7) is 7.93. The molecule has 0 aliphatic carbocycles. The zero-order valence-corrected chi connectivity index (χ0v) is 13.2. The summed E-state index contributed by atoms with van der Waals surface area (Å²) in [6, 6.07) is -0.156. The first kappa shape index (κ1) is 16.1. The summed E-state index contributed by atoms with van der Waals surface area (Å²) < 4.78 is 5.45. The van der Waals surface area contributed by atoms with Crippen LogP contribution in [0.5, 0.6) is 0 Å². The van der Waals surface area contributed by atoms with Crippen molar-refractivity contribution in [3.63, 3.8) is 0 Å². The van der Waals surface area contributed by atoms with Gasteiger partial charge in [0.1, 0.15) is 5.54 Å². The van der Waals surface area contributed by atoms with E-state index in [1.807, 2.05) is 20.8 Å². The number of carbonyl (C=O) groups excluding carboxylic acids is 1. The second kappa shape index (κ2) is 5.83. The molecule has 0 spiro atoms. The standard InChI is InChI=1S/C15H26N2O4/c1-4-6-15(12(18)19)7-5-8-17(15)13(20)16-9-10-21-11-14(16,2)3/h4-11H2,1-3H3,(H,18,19). The quantitative estimate of drug-likeness (QED) is 0.864. The van der Waals surface area contributed by atoms with E-state index in [0.717, 1.165) is 12.8 Å². The second-order valence-electron chi connectivity index (χ2n) is 6.64. The van der Waals surface area contributed by atoms with Crippen molar-refractivity contribution < 1.29 is 19.4 Å². The van der Waals surface area contributed by atoms with Crippen LogP contribution < -0.4 is 0 Å². The molecule has 2 saturated heterocycles. The molecule has 21 heavy (non-hydrogen) atoms. The van der Waals surface area contributed by atoms with E-state index in [4.69, 9.17) is 4.74 Å². The molecule has 2 amide bonds. The largest absolute Gasteiger partial charge is 0.479 e. The molecule has 2 rings (SSSR count). The zero-order valence-electron chi connectivity index (χ0n) is 13.2. The fourth-order valence-electron chi connectivity index (χ4n) is 3.52. The van der Waals surface area contributed by atoms with Crippen molar-refractivity contribution in [2.45, 2.75) is 57.5 Å². The van der Waals surface area contributed by atoms with E-state index in [2.05, 4.69) is 0 Å². The highest BCUT2D eigenvalue weighted by atomic mass is 16.5. The molecule has 0 aromatic carbocycles. The molecule has 0 bridgehead atoms. The van der Waals surface area contributed by atoms with Gasteiger partial charge >= 0.3 is 12.0 Å². The van der Waals surface area contributed by atoms with Gasteiger partial charge in [-0.15, -0.1) is 0 Å². The lowest BCUT2D eigenvalue weighted by Crippen LogP contribution is -2.63. The summed E-state index contributed by atoms with van der Waals surface area (Å²) in [5, 5.41) is 9.71. The van der Waals surface area contributed by atoms with Crippen LogP contribution in [0.1, 0.15) is 46.5 Å². The summed E-state index contributed by atoms with van der Waals surface area (Å²) in [7, 11) is 0. The fraction of sp³-hybridized carbons (Fsp3) is 0.867. The Bertz CT molecular complexity index is 424.